The van der Waals surface area contributed by atoms with Gasteiger partial charge in [-0.3, -0.25) is 0 Å². The van der Waals surface area contributed by atoms with E-state index >= 15 is 0 Å². The Morgan fingerprint density at radius 1 is 0.769 bits per heavy atom. The Balaban J connectivity index is -0.000000169. The average Bonchev–Trinajstić information content (AvgIpc) is 1.89. The van der Waals surface area contributed by atoms with Crippen molar-refractivity contribution in [2.75, 3.05) is 0 Å². The van der Waals surface area contributed by atoms with Crippen LogP contribution in [0, 0.1) is 10.8 Å². The molecule has 0 radical (unpaired) electrons. The molecule has 0 saturated heterocycles. The van der Waals surface area contributed by atoms with Gasteiger partial charge in [-0.15, -0.1) is 6.58 Å². The van der Waals surface area contributed by atoms with Gasteiger partial charge in [0.15, 0.2) is 0 Å². The van der Waals surface area contributed by atoms with Crippen molar-refractivity contribution in [2.45, 2.75) is 62.3 Å². The molecule has 13 heavy (non-hydrogen) atoms. The molecule has 0 heterocycles. The first kappa shape index (κ1) is 18.5. The molecule has 0 unspecified atom stereocenters. The van der Waals surface area contributed by atoms with Crippen molar-refractivity contribution in [3.63, 3.8) is 0 Å². The maximum absolute atomic E-state index is 3.36. The second kappa shape index (κ2) is 8.34. The van der Waals surface area contributed by atoms with Crippen LogP contribution in [-0.2, 0) is 0 Å². The molecule has 0 nitrogen and oxygen atoms in total. The highest BCUT2D eigenvalue weighted by atomic mass is 14.3. The second-order valence-corrected chi connectivity index (χ2v) is 4.91. The highest BCUT2D eigenvalue weighted by Gasteiger charge is 2.26. The van der Waals surface area contributed by atoms with Crippen LogP contribution in [0.3, 0.4) is 0 Å². The van der Waals surface area contributed by atoms with Crippen molar-refractivity contribution in [2.24, 2.45) is 10.8 Å². The molecule has 0 amide bonds. The Morgan fingerprint density at radius 3 is 0.846 bits per heavy atom. The zero-order valence-corrected chi connectivity index (χ0v) is 11.3. The Kier molecular flexibility index (Phi) is 11.9. The lowest BCUT2D eigenvalue weighted by Gasteiger charge is -2.34. The summed E-state index contributed by atoms with van der Waals surface area (Å²) in [6.45, 7) is 22.9. The minimum absolute atomic E-state index is 0.437. The molecule has 0 saturated carbocycles. The summed E-state index contributed by atoms with van der Waals surface area (Å²) in [7, 11) is 0. The van der Waals surface area contributed by atoms with Gasteiger partial charge in [-0.25, -0.2) is 0 Å². The Labute approximate surface area is 86.4 Å². The number of allylic oxidation sites excluding steroid dienone is 1. The first-order valence-electron chi connectivity index (χ1n) is 5.24. The highest BCUT2D eigenvalue weighted by Crippen LogP contribution is 2.36. The van der Waals surface area contributed by atoms with Crippen molar-refractivity contribution in [1.29, 1.82) is 0 Å². The zero-order valence-electron chi connectivity index (χ0n) is 11.3. The zero-order chi connectivity index (χ0) is 11.7. The molecule has 0 rings (SSSR count). The fourth-order valence-electron chi connectivity index (χ4n) is 0. The summed E-state index contributed by atoms with van der Waals surface area (Å²) in [6.07, 6.45) is 1.75. The summed E-state index contributed by atoms with van der Waals surface area (Å²) >= 11 is 0. The van der Waals surface area contributed by atoms with E-state index in [0.717, 1.165) is 0 Å². The van der Waals surface area contributed by atoms with Crippen LogP contribution >= 0.6 is 0 Å². The normalized spacial score (nSPS) is 10.2. The molecule has 0 aromatic carbocycles. The van der Waals surface area contributed by atoms with Gasteiger partial charge >= 0.3 is 0 Å². The van der Waals surface area contributed by atoms with Crippen LogP contribution < -0.4 is 0 Å². The quantitative estimate of drug-likeness (QED) is 0.450. The van der Waals surface area contributed by atoms with Crippen molar-refractivity contribution >= 4 is 0 Å². The van der Waals surface area contributed by atoms with Gasteiger partial charge in [-0.05, 0) is 17.8 Å². The van der Waals surface area contributed by atoms with Crippen LogP contribution in [-0.4, -0.2) is 0 Å². The summed E-state index contributed by atoms with van der Waals surface area (Å²) in [5, 5.41) is 0. The summed E-state index contributed by atoms with van der Waals surface area (Å²) in [6, 6.07) is 0. The summed E-state index contributed by atoms with van der Waals surface area (Å²) in [5.41, 5.74) is 0.875. The fourth-order valence-corrected chi connectivity index (χ4v) is 0. The van der Waals surface area contributed by atoms with E-state index in [9.17, 15) is 0 Å². The van der Waals surface area contributed by atoms with Gasteiger partial charge in [-0.2, -0.15) is 0 Å². The Morgan fingerprint density at radius 2 is 0.846 bits per heavy atom. The van der Waals surface area contributed by atoms with Crippen molar-refractivity contribution in [3.05, 3.63) is 12.7 Å². The van der Waals surface area contributed by atoms with Crippen LogP contribution in [0.1, 0.15) is 62.3 Å². The minimum Gasteiger partial charge on any atom is -0.103 e. The van der Waals surface area contributed by atoms with Crippen molar-refractivity contribution in [1.82, 2.24) is 0 Å². The van der Waals surface area contributed by atoms with Gasteiger partial charge < -0.3 is 0 Å². The van der Waals surface area contributed by atoms with E-state index in [1.54, 1.807) is 6.08 Å². The number of rotatable bonds is 0. The summed E-state index contributed by atoms with van der Waals surface area (Å²) in [4.78, 5) is 0. The molecule has 0 bridgehead atoms. The Bertz CT molecular complexity index is 84.2. The number of hydrogen-bond acceptors (Lipinski definition) is 0. The van der Waals surface area contributed by atoms with Crippen LogP contribution in [0.4, 0.5) is 0 Å². The van der Waals surface area contributed by atoms with Gasteiger partial charge in [0.2, 0.25) is 0 Å². The standard InChI is InChI=1S/C8H18.C3H6.C2H6/c1-7(2,3)8(4,5)6;1-3-2;1-2/h1-6H3;3H,1H2,2H3;1-2H3. The van der Waals surface area contributed by atoms with Gasteiger partial charge in [0.1, 0.15) is 0 Å². The smallest absolute Gasteiger partial charge is 0.0334 e. The van der Waals surface area contributed by atoms with E-state index in [1.807, 2.05) is 20.8 Å². The lowest BCUT2D eigenvalue weighted by atomic mass is 9.71. The van der Waals surface area contributed by atoms with Crippen LogP contribution in [0.2, 0.25) is 0 Å². The molecular weight excluding hydrogens is 156 g/mol. The first-order chi connectivity index (χ1) is 5.66. The molecule has 0 atom stereocenters. The molecule has 0 heteroatoms. The molecule has 82 valence electrons. The predicted octanol–water partition coefficient (Wildman–Crippen LogP) is 5.30. The molecular formula is C13H30. The van der Waals surface area contributed by atoms with Gasteiger partial charge in [0.25, 0.3) is 0 Å². The first-order valence-corrected chi connectivity index (χ1v) is 5.24. The minimum atomic E-state index is 0.437. The van der Waals surface area contributed by atoms with Gasteiger partial charge in [0.05, 0.1) is 0 Å². The summed E-state index contributed by atoms with van der Waals surface area (Å²) in [5.74, 6) is 0. The van der Waals surface area contributed by atoms with Crippen LogP contribution in [0.25, 0.3) is 0 Å². The molecule has 0 fully saturated rings. The van der Waals surface area contributed by atoms with E-state index in [1.165, 1.54) is 0 Å². The van der Waals surface area contributed by atoms with Gasteiger partial charge in [0, 0.05) is 0 Å². The third kappa shape index (κ3) is 14.6. The van der Waals surface area contributed by atoms with E-state index in [2.05, 4.69) is 48.1 Å². The molecule has 0 aliphatic rings. The van der Waals surface area contributed by atoms with E-state index < -0.39 is 0 Å². The van der Waals surface area contributed by atoms with E-state index in [-0.39, 0.29) is 0 Å². The average molecular weight is 186 g/mol. The number of hydrogen-bond donors (Lipinski definition) is 0. The van der Waals surface area contributed by atoms with Crippen LogP contribution in [0.5, 0.6) is 0 Å². The topological polar surface area (TPSA) is 0 Å². The van der Waals surface area contributed by atoms with E-state index in [0.29, 0.717) is 10.8 Å². The maximum Gasteiger partial charge on any atom is -0.0334 e. The maximum atomic E-state index is 3.36. The second-order valence-electron chi connectivity index (χ2n) is 4.91. The lowest BCUT2D eigenvalue weighted by Crippen LogP contribution is -2.25. The predicted molar refractivity (Wildman–Crippen MR) is 66.1 cm³/mol. The van der Waals surface area contributed by atoms with E-state index in [4.69, 9.17) is 0 Å². The fraction of sp³-hybridized carbons (Fsp3) is 0.846. The molecule has 0 N–H and O–H groups in total. The molecule has 0 aromatic heterocycles. The third-order valence-electron chi connectivity index (χ3n) is 2.25. The molecule has 0 aliphatic heterocycles. The molecule has 0 spiro atoms. The monoisotopic (exact) mass is 186 g/mol. The molecule has 0 aliphatic carbocycles. The van der Waals surface area contributed by atoms with Crippen molar-refractivity contribution in [3.8, 4) is 0 Å². The molecule has 0 aromatic rings. The lowest BCUT2D eigenvalue weighted by molar-refractivity contribution is 0.157. The van der Waals surface area contributed by atoms with Gasteiger partial charge in [-0.1, -0.05) is 61.5 Å². The SMILES string of the molecule is C=CC.CC.CC(C)(C)C(C)(C)C. The summed E-state index contributed by atoms with van der Waals surface area (Å²) < 4.78 is 0. The third-order valence-corrected chi connectivity index (χ3v) is 2.25. The van der Waals surface area contributed by atoms with Crippen molar-refractivity contribution < 1.29 is 0 Å². The van der Waals surface area contributed by atoms with Crippen LogP contribution in [0.15, 0.2) is 12.7 Å². The largest absolute Gasteiger partial charge is 0.103 e. The highest BCUT2D eigenvalue weighted by molar-refractivity contribution is 4.76. The Hall–Kier alpha value is -0.260.